The number of halogens is 1. The van der Waals surface area contributed by atoms with Crippen LogP contribution in [0.25, 0.3) is 0 Å². The maximum Gasteiger partial charge on any atom is 0.251 e. The number of fused-ring (bicyclic) bond motifs is 1. The van der Waals surface area contributed by atoms with E-state index in [1.807, 2.05) is 6.07 Å². The summed E-state index contributed by atoms with van der Waals surface area (Å²) in [5, 5.41) is 12.6. The quantitative estimate of drug-likeness (QED) is 0.710. The number of rotatable bonds is 5. The topological polar surface area (TPSA) is 65.4 Å². The number of hydrogen-bond acceptors (Lipinski definition) is 4. The molecular weight excluding hydrogens is 410 g/mol. The van der Waals surface area contributed by atoms with Gasteiger partial charge in [-0.15, -0.1) is 0 Å². The van der Waals surface area contributed by atoms with E-state index in [0.29, 0.717) is 22.4 Å². The maximum absolute atomic E-state index is 12.8. The van der Waals surface area contributed by atoms with Gasteiger partial charge in [-0.1, -0.05) is 17.7 Å². The van der Waals surface area contributed by atoms with Crippen molar-refractivity contribution in [3.63, 3.8) is 0 Å². The van der Waals surface area contributed by atoms with Crippen LogP contribution < -0.4 is 10.1 Å². The van der Waals surface area contributed by atoms with Crippen molar-refractivity contribution in [3.8, 4) is 11.8 Å². The normalized spacial score (nSPS) is 20.9. The number of benzene rings is 2. The predicted octanol–water partition coefficient (Wildman–Crippen LogP) is 5.06. The Labute approximate surface area is 189 Å². The minimum Gasteiger partial charge on any atom is -0.490 e. The monoisotopic (exact) mass is 437 g/mol. The van der Waals surface area contributed by atoms with Crippen LogP contribution in [0.3, 0.4) is 0 Å². The average Bonchev–Trinajstić information content (AvgIpc) is 3.19. The minimum absolute atomic E-state index is 0.00837. The highest BCUT2D eigenvalue weighted by Gasteiger charge is 2.26. The fourth-order valence-electron chi connectivity index (χ4n) is 4.37. The Hall–Kier alpha value is -2.55. The summed E-state index contributed by atoms with van der Waals surface area (Å²) in [6, 6.07) is 14.0. The van der Waals surface area contributed by atoms with Gasteiger partial charge >= 0.3 is 0 Å². The van der Waals surface area contributed by atoms with Gasteiger partial charge in [0.25, 0.3) is 5.91 Å². The van der Waals surface area contributed by atoms with E-state index in [9.17, 15) is 4.79 Å². The SMILES string of the molecule is CC(C)N1Cc2ccc(C(=O)NC3CCC(Oc4ccc(C#N)c(Cl)c4)CC3)cc2C1. The molecule has 0 aromatic heterocycles. The summed E-state index contributed by atoms with van der Waals surface area (Å²) in [6.07, 6.45) is 3.60. The molecule has 4 rings (SSSR count). The van der Waals surface area contributed by atoms with Gasteiger partial charge in [0.05, 0.1) is 16.7 Å². The number of hydrogen-bond donors (Lipinski definition) is 1. The molecule has 162 valence electrons. The molecule has 0 radical (unpaired) electrons. The molecule has 0 unspecified atom stereocenters. The Bertz CT molecular complexity index is 1010. The number of carbonyl (C=O) groups excluding carboxylic acids is 1. The summed E-state index contributed by atoms with van der Waals surface area (Å²) in [6.45, 7) is 6.28. The molecule has 1 heterocycles. The predicted molar refractivity (Wildman–Crippen MR) is 121 cm³/mol. The standard InChI is InChI=1S/C25H28ClN3O2/c1-16(2)29-14-19-4-3-17(11-20(19)15-29)25(30)28-21-6-9-22(10-7-21)31-23-8-5-18(13-27)24(26)12-23/h3-5,8,11-12,16,21-22H,6-7,9-10,14-15H2,1-2H3,(H,28,30). The van der Waals surface area contributed by atoms with Crippen LogP contribution in [0.2, 0.25) is 5.02 Å². The van der Waals surface area contributed by atoms with Crippen LogP contribution in [0.4, 0.5) is 0 Å². The first-order valence-electron chi connectivity index (χ1n) is 11.0. The molecule has 1 N–H and O–H groups in total. The highest BCUT2D eigenvalue weighted by atomic mass is 35.5. The summed E-state index contributed by atoms with van der Waals surface area (Å²) >= 11 is 6.09. The van der Waals surface area contributed by atoms with Gasteiger partial charge in [0, 0.05) is 36.8 Å². The molecule has 1 saturated carbocycles. The zero-order valence-electron chi connectivity index (χ0n) is 18.0. The third-order valence-electron chi connectivity index (χ3n) is 6.32. The molecule has 1 fully saturated rings. The van der Waals surface area contributed by atoms with Crippen molar-refractivity contribution in [2.24, 2.45) is 0 Å². The molecule has 2 aromatic carbocycles. The molecule has 6 heteroatoms. The molecule has 2 aliphatic rings. The van der Waals surface area contributed by atoms with Gasteiger partial charge in [0.15, 0.2) is 0 Å². The van der Waals surface area contributed by atoms with Gasteiger partial charge in [0.1, 0.15) is 11.8 Å². The molecule has 1 aliphatic carbocycles. The first kappa shape index (κ1) is 21.7. The summed E-state index contributed by atoms with van der Waals surface area (Å²) in [7, 11) is 0. The number of nitrogens with one attached hydrogen (secondary N) is 1. The molecule has 0 spiro atoms. The van der Waals surface area contributed by atoms with E-state index >= 15 is 0 Å². The van der Waals surface area contributed by atoms with Crippen LogP contribution in [-0.4, -0.2) is 29.0 Å². The Kier molecular flexibility index (Phi) is 6.50. The summed E-state index contributed by atoms with van der Waals surface area (Å²) in [4.78, 5) is 15.2. The number of amides is 1. The zero-order valence-corrected chi connectivity index (χ0v) is 18.8. The minimum atomic E-state index is 0.00837. The lowest BCUT2D eigenvalue weighted by Gasteiger charge is -2.29. The molecule has 1 amide bonds. The van der Waals surface area contributed by atoms with Crippen molar-refractivity contribution in [1.82, 2.24) is 10.2 Å². The van der Waals surface area contributed by atoms with Gasteiger partial charge < -0.3 is 10.1 Å². The third-order valence-corrected chi connectivity index (χ3v) is 6.63. The van der Waals surface area contributed by atoms with Crippen molar-refractivity contribution in [2.45, 2.75) is 70.8 Å². The summed E-state index contributed by atoms with van der Waals surface area (Å²) in [5.74, 6) is 0.694. The number of carbonyl (C=O) groups is 1. The van der Waals surface area contributed by atoms with E-state index in [0.717, 1.165) is 44.3 Å². The third kappa shape index (κ3) is 5.03. The smallest absolute Gasteiger partial charge is 0.251 e. The lowest BCUT2D eigenvalue weighted by molar-refractivity contribution is 0.0894. The zero-order chi connectivity index (χ0) is 22.0. The molecule has 2 aromatic rings. The second kappa shape index (κ2) is 9.30. The fraction of sp³-hybridized carbons (Fsp3) is 0.440. The van der Waals surface area contributed by atoms with Crippen LogP contribution in [0.1, 0.15) is 66.6 Å². The lowest BCUT2D eigenvalue weighted by Crippen LogP contribution is -2.39. The van der Waals surface area contributed by atoms with Crippen molar-refractivity contribution >= 4 is 17.5 Å². The molecule has 5 nitrogen and oxygen atoms in total. The molecule has 0 atom stereocenters. The van der Waals surface area contributed by atoms with E-state index in [1.54, 1.807) is 18.2 Å². The largest absolute Gasteiger partial charge is 0.490 e. The van der Waals surface area contributed by atoms with Gasteiger partial charge in [-0.3, -0.25) is 9.69 Å². The summed E-state index contributed by atoms with van der Waals surface area (Å²) in [5.41, 5.74) is 3.78. The van der Waals surface area contributed by atoms with Crippen LogP contribution in [0.5, 0.6) is 5.75 Å². The van der Waals surface area contributed by atoms with E-state index in [1.165, 1.54) is 11.1 Å². The number of ether oxygens (including phenoxy) is 1. The van der Waals surface area contributed by atoms with Crippen LogP contribution in [0, 0.1) is 11.3 Å². The number of nitriles is 1. The first-order valence-corrected chi connectivity index (χ1v) is 11.3. The second-order valence-corrected chi connectivity index (χ2v) is 9.21. The Morgan fingerprint density at radius 1 is 1.13 bits per heavy atom. The molecule has 1 aliphatic heterocycles. The van der Waals surface area contributed by atoms with Gasteiger partial charge in [-0.05, 0) is 74.9 Å². The Balaban J connectivity index is 1.28. The number of nitrogens with zero attached hydrogens (tertiary/aromatic N) is 2. The lowest BCUT2D eigenvalue weighted by atomic mass is 9.92. The van der Waals surface area contributed by atoms with Crippen LogP contribution in [-0.2, 0) is 13.1 Å². The molecular formula is C25H28ClN3O2. The maximum atomic E-state index is 12.8. The molecule has 0 saturated heterocycles. The van der Waals surface area contributed by atoms with E-state index < -0.39 is 0 Å². The second-order valence-electron chi connectivity index (χ2n) is 8.80. The molecule has 0 bridgehead atoms. The van der Waals surface area contributed by atoms with Crippen molar-refractivity contribution in [1.29, 1.82) is 5.26 Å². The van der Waals surface area contributed by atoms with E-state index in [-0.39, 0.29) is 18.1 Å². The van der Waals surface area contributed by atoms with Crippen LogP contribution >= 0.6 is 11.6 Å². The van der Waals surface area contributed by atoms with Crippen LogP contribution in [0.15, 0.2) is 36.4 Å². The van der Waals surface area contributed by atoms with Gasteiger partial charge in [-0.25, -0.2) is 0 Å². The highest BCUT2D eigenvalue weighted by molar-refractivity contribution is 6.31. The van der Waals surface area contributed by atoms with Crippen molar-refractivity contribution < 1.29 is 9.53 Å². The van der Waals surface area contributed by atoms with Crippen molar-refractivity contribution in [3.05, 3.63) is 63.7 Å². The van der Waals surface area contributed by atoms with Gasteiger partial charge in [-0.2, -0.15) is 5.26 Å². The fourth-order valence-corrected chi connectivity index (χ4v) is 4.59. The Morgan fingerprint density at radius 3 is 2.55 bits per heavy atom. The van der Waals surface area contributed by atoms with E-state index in [4.69, 9.17) is 21.6 Å². The molecule has 31 heavy (non-hydrogen) atoms. The average molecular weight is 438 g/mol. The van der Waals surface area contributed by atoms with Gasteiger partial charge in [0.2, 0.25) is 0 Å². The van der Waals surface area contributed by atoms with E-state index in [2.05, 4.69) is 42.3 Å². The highest BCUT2D eigenvalue weighted by Crippen LogP contribution is 2.28. The first-order chi connectivity index (χ1) is 14.9. The summed E-state index contributed by atoms with van der Waals surface area (Å²) < 4.78 is 6.04. The Morgan fingerprint density at radius 2 is 1.87 bits per heavy atom. The van der Waals surface area contributed by atoms with Crippen molar-refractivity contribution in [2.75, 3.05) is 0 Å².